The number of benzene rings is 1. The van der Waals surface area contributed by atoms with E-state index < -0.39 is 16.1 Å². The first-order valence-electron chi connectivity index (χ1n) is 9.15. The molecule has 148 valence electrons. The van der Waals surface area contributed by atoms with E-state index >= 15 is 0 Å². The molecule has 1 aromatic rings. The number of sulfonamides is 1. The normalized spacial score (nSPS) is 13.9. The van der Waals surface area contributed by atoms with Gasteiger partial charge in [0.05, 0.1) is 11.9 Å². The Morgan fingerprint density at radius 1 is 1.31 bits per heavy atom. The standard InChI is InChI=1S/C19H31ClN2O3S/c1-6-8-9-16(7-2)13-21-19(23)15(4)22(26(5,24)25)18-12-17(20)11-10-14(18)3/h10-12,15-16H,6-9,13H2,1-5H3,(H,21,23)/t15-,16-/m0/s1. The van der Waals surface area contributed by atoms with Gasteiger partial charge in [-0.15, -0.1) is 0 Å². The monoisotopic (exact) mass is 402 g/mol. The van der Waals surface area contributed by atoms with Crippen molar-refractivity contribution in [2.24, 2.45) is 5.92 Å². The summed E-state index contributed by atoms with van der Waals surface area (Å²) in [7, 11) is -3.65. The van der Waals surface area contributed by atoms with E-state index in [0.717, 1.165) is 41.8 Å². The van der Waals surface area contributed by atoms with Crippen LogP contribution in [0.15, 0.2) is 18.2 Å². The van der Waals surface area contributed by atoms with Crippen LogP contribution >= 0.6 is 11.6 Å². The summed E-state index contributed by atoms with van der Waals surface area (Å²) < 4.78 is 25.9. The predicted octanol–water partition coefficient (Wildman–Crippen LogP) is 4.14. The lowest BCUT2D eigenvalue weighted by atomic mass is 9.99. The zero-order valence-corrected chi connectivity index (χ0v) is 18.0. The van der Waals surface area contributed by atoms with E-state index in [1.807, 2.05) is 0 Å². The van der Waals surface area contributed by atoms with Crippen LogP contribution < -0.4 is 9.62 Å². The molecule has 0 heterocycles. The van der Waals surface area contributed by atoms with E-state index in [9.17, 15) is 13.2 Å². The molecule has 0 radical (unpaired) electrons. The fourth-order valence-electron chi connectivity index (χ4n) is 2.94. The summed E-state index contributed by atoms with van der Waals surface area (Å²) >= 11 is 6.04. The van der Waals surface area contributed by atoms with Crippen LogP contribution in [-0.4, -0.2) is 33.2 Å². The zero-order chi connectivity index (χ0) is 19.9. The highest BCUT2D eigenvalue weighted by Gasteiger charge is 2.30. The highest BCUT2D eigenvalue weighted by Crippen LogP contribution is 2.28. The molecule has 0 saturated carbocycles. The molecule has 0 saturated heterocycles. The number of nitrogens with one attached hydrogen (secondary N) is 1. The smallest absolute Gasteiger partial charge is 0.243 e. The molecule has 0 unspecified atom stereocenters. The Morgan fingerprint density at radius 2 is 1.96 bits per heavy atom. The third kappa shape index (κ3) is 6.47. The molecule has 0 fully saturated rings. The van der Waals surface area contributed by atoms with Crippen LogP contribution in [0.5, 0.6) is 0 Å². The topological polar surface area (TPSA) is 66.5 Å². The third-order valence-electron chi connectivity index (χ3n) is 4.61. The Kier molecular flexibility index (Phi) is 8.90. The van der Waals surface area contributed by atoms with Gasteiger partial charge in [0.1, 0.15) is 6.04 Å². The molecule has 0 aliphatic rings. The number of hydrogen-bond acceptors (Lipinski definition) is 3. The summed E-state index contributed by atoms with van der Waals surface area (Å²) in [6.07, 6.45) is 5.40. The second kappa shape index (κ2) is 10.2. The van der Waals surface area contributed by atoms with Crippen molar-refractivity contribution >= 4 is 33.2 Å². The van der Waals surface area contributed by atoms with E-state index in [4.69, 9.17) is 11.6 Å². The van der Waals surface area contributed by atoms with E-state index in [0.29, 0.717) is 23.2 Å². The Bertz CT molecular complexity index is 707. The minimum atomic E-state index is -3.65. The van der Waals surface area contributed by atoms with Gasteiger partial charge in [-0.25, -0.2) is 8.42 Å². The minimum absolute atomic E-state index is 0.301. The number of aryl methyl sites for hydroxylation is 1. The van der Waals surface area contributed by atoms with Gasteiger partial charge in [0.15, 0.2) is 0 Å². The fourth-order valence-corrected chi connectivity index (χ4v) is 4.33. The number of unbranched alkanes of at least 4 members (excludes halogenated alkanes) is 1. The lowest BCUT2D eigenvalue weighted by Crippen LogP contribution is -2.49. The third-order valence-corrected chi connectivity index (χ3v) is 6.07. The maximum atomic E-state index is 12.6. The number of nitrogens with zero attached hydrogens (tertiary/aromatic N) is 1. The van der Waals surface area contributed by atoms with E-state index in [1.165, 1.54) is 0 Å². The Morgan fingerprint density at radius 3 is 2.50 bits per heavy atom. The van der Waals surface area contributed by atoms with Crippen molar-refractivity contribution in [2.45, 2.75) is 59.4 Å². The summed E-state index contributed by atoms with van der Waals surface area (Å²) in [6.45, 7) is 8.21. The maximum Gasteiger partial charge on any atom is 0.243 e. The SMILES string of the molecule is CCCC[C@H](CC)CNC(=O)[C@H](C)N(c1cc(Cl)ccc1C)S(C)(=O)=O. The number of amides is 1. The largest absolute Gasteiger partial charge is 0.354 e. The van der Waals surface area contributed by atoms with E-state index in [1.54, 1.807) is 32.0 Å². The molecule has 1 N–H and O–H groups in total. The van der Waals surface area contributed by atoms with Crippen LogP contribution in [0.25, 0.3) is 0 Å². The molecule has 1 rings (SSSR count). The summed E-state index contributed by atoms with van der Waals surface area (Å²) in [4.78, 5) is 12.6. The molecule has 0 spiro atoms. The van der Waals surface area contributed by atoms with Gasteiger partial charge in [-0.3, -0.25) is 9.10 Å². The van der Waals surface area contributed by atoms with Gasteiger partial charge >= 0.3 is 0 Å². The molecular formula is C19H31ClN2O3S. The van der Waals surface area contributed by atoms with Gasteiger partial charge in [0, 0.05) is 11.6 Å². The van der Waals surface area contributed by atoms with Gasteiger partial charge < -0.3 is 5.32 Å². The Hall–Kier alpha value is -1.27. The molecule has 5 nitrogen and oxygen atoms in total. The van der Waals surface area contributed by atoms with Gasteiger partial charge in [-0.1, -0.05) is 50.8 Å². The predicted molar refractivity (Wildman–Crippen MR) is 109 cm³/mol. The lowest BCUT2D eigenvalue weighted by Gasteiger charge is -2.30. The molecule has 1 aromatic carbocycles. The van der Waals surface area contributed by atoms with Gasteiger partial charge in [0.2, 0.25) is 15.9 Å². The number of anilines is 1. The molecule has 7 heteroatoms. The number of hydrogen-bond donors (Lipinski definition) is 1. The van der Waals surface area contributed by atoms with E-state index in [2.05, 4.69) is 19.2 Å². The van der Waals surface area contributed by atoms with Crippen molar-refractivity contribution in [3.8, 4) is 0 Å². The van der Waals surface area contributed by atoms with Crippen molar-refractivity contribution in [2.75, 3.05) is 17.1 Å². The molecule has 0 bridgehead atoms. The molecule has 0 aromatic heterocycles. The zero-order valence-electron chi connectivity index (χ0n) is 16.4. The van der Waals surface area contributed by atoms with Crippen LogP contribution in [0.2, 0.25) is 5.02 Å². The van der Waals surface area contributed by atoms with Gasteiger partial charge in [-0.2, -0.15) is 0 Å². The minimum Gasteiger partial charge on any atom is -0.354 e. The summed E-state index contributed by atoms with van der Waals surface area (Å²) in [5.74, 6) is 0.107. The lowest BCUT2D eigenvalue weighted by molar-refractivity contribution is -0.122. The van der Waals surface area contributed by atoms with Gasteiger partial charge in [0.25, 0.3) is 0 Å². The van der Waals surface area contributed by atoms with Crippen molar-refractivity contribution in [3.63, 3.8) is 0 Å². The number of carbonyl (C=O) groups is 1. The first-order valence-corrected chi connectivity index (χ1v) is 11.4. The number of halogens is 1. The average molecular weight is 403 g/mol. The van der Waals surface area contributed by atoms with Crippen LogP contribution in [0, 0.1) is 12.8 Å². The molecular weight excluding hydrogens is 372 g/mol. The van der Waals surface area contributed by atoms with Crippen LogP contribution in [0.1, 0.15) is 52.0 Å². The highest BCUT2D eigenvalue weighted by molar-refractivity contribution is 7.92. The van der Waals surface area contributed by atoms with Crippen molar-refractivity contribution in [3.05, 3.63) is 28.8 Å². The van der Waals surface area contributed by atoms with Crippen molar-refractivity contribution in [1.29, 1.82) is 0 Å². The van der Waals surface area contributed by atoms with Crippen LogP contribution in [0.3, 0.4) is 0 Å². The van der Waals surface area contributed by atoms with E-state index in [-0.39, 0.29) is 5.91 Å². The van der Waals surface area contributed by atoms with Crippen molar-refractivity contribution in [1.82, 2.24) is 5.32 Å². The summed E-state index contributed by atoms with van der Waals surface area (Å²) in [6, 6.07) is 4.17. The molecule has 0 aliphatic heterocycles. The number of rotatable bonds is 10. The molecule has 0 aliphatic carbocycles. The fraction of sp³-hybridized carbons (Fsp3) is 0.632. The summed E-state index contributed by atoms with van der Waals surface area (Å²) in [5.41, 5.74) is 1.18. The summed E-state index contributed by atoms with van der Waals surface area (Å²) in [5, 5.41) is 3.35. The molecule has 1 amide bonds. The quantitative estimate of drug-likeness (QED) is 0.639. The molecule has 26 heavy (non-hydrogen) atoms. The first-order chi connectivity index (χ1) is 12.1. The van der Waals surface area contributed by atoms with Crippen LogP contribution in [0.4, 0.5) is 5.69 Å². The second-order valence-electron chi connectivity index (χ2n) is 6.83. The Balaban J connectivity index is 2.98. The average Bonchev–Trinajstić information content (AvgIpc) is 2.56. The maximum absolute atomic E-state index is 12.6. The second-order valence-corrected chi connectivity index (χ2v) is 9.12. The van der Waals surface area contributed by atoms with Crippen LogP contribution in [-0.2, 0) is 14.8 Å². The molecule has 2 atom stereocenters. The van der Waals surface area contributed by atoms with Gasteiger partial charge in [-0.05, 0) is 43.9 Å². The number of carbonyl (C=O) groups excluding carboxylic acids is 1. The van der Waals surface area contributed by atoms with Crippen molar-refractivity contribution < 1.29 is 13.2 Å². The Labute approximate surface area is 163 Å². The first kappa shape index (κ1) is 22.8. The highest BCUT2D eigenvalue weighted by atomic mass is 35.5.